The molecule has 0 amide bonds. The Balaban J connectivity index is 2.12. The second-order valence-corrected chi connectivity index (χ2v) is 6.02. The molecular formula is C15H14ClNOS. The number of carbonyl (C=O) groups is 1. The molecule has 0 spiro atoms. The lowest BCUT2D eigenvalue weighted by Gasteiger charge is -2.10. The summed E-state index contributed by atoms with van der Waals surface area (Å²) in [5, 5.41) is 1.06. The van der Waals surface area contributed by atoms with Crippen LogP contribution < -0.4 is 0 Å². The van der Waals surface area contributed by atoms with Crippen molar-refractivity contribution in [3.63, 3.8) is 0 Å². The van der Waals surface area contributed by atoms with Crippen LogP contribution in [0, 0.1) is 6.92 Å². The molecule has 1 atom stereocenters. The standard InChI is InChI=1S/C15H14ClNOS/c1-10-5-7-12(8-6-10)14(18)11(2)19-15-13(16)4-3-9-17-15/h3-9,11H,1-2H3. The van der Waals surface area contributed by atoms with Gasteiger partial charge in [0.1, 0.15) is 5.03 Å². The highest BCUT2D eigenvalue weighted by Gasteiger charge is 2.18. The van der Waals surface area contributed by atoms with Gasteiger partial charge < -0.3 is 0 Å². The Bertz CT molecular complexity index is 583. The third kappa shape index (κ3) is 3.58. The molecule has 1 aromatic heterocycles. The highest BCUT2D eigenvalue weighted by atomic mass is 35.5. The van der Waals surface area contributed by atoms with Gasteiger partial charge >= 0.3 is 0 Å². The van der Waals surface area contributed by atoms with Crippen molar-refractivity contribution in [1.29, 1.82) is 0 Å². The lowest BCUT2D eigenvalue weighted by Crippen LogP contribution is -2.13. The number of hydrogen-bond acceptors (Lipinski definition) is 3. The second-order valence-electron chi connectivity index (χ2n) is 4.28. The summed E-state index contributed by atoms with van der Waals surface area (Å²) in [5.74, 6) is 0.0896. The lowest BCUT2D eigenvalue weighted by atomic mass is 10.1. The quantitative estimate of drug-likeness (QED) is 0.617. The summed E-state index contributed by atoms with van der Waals surface area (Å²) in [7, 11) is 0. The van der Waals surface area contributed by atoms with Gasteiger partial charge in [0.25, 0.3) is 0 Å². The third-order valence-electron chi connectivity index (χ3n) is 2.72. The van der Waals surface area contributed by atoms with Crippen LogP contribution >= 0.6 is 23.4 Å². The van der Waals surface area contributed by atoms with E-state index >= 15 is 0 Å². The van der Waals surface area contributed by atoms with Crippen LogP contribution in [0.1, 0.15) is 22.8 Å². The molecule has 1 heterocycles. The number of aromatic nitrogens is 1. The Morgan fingerprint density at radius 1 is 1.26 bits per heavy atom. The maximum absolute atomic E-state index is 12.3. The molecule has 2 rings (SSSR count). The summed E-state index contributed by atoms with van der Waals surface area (Å²) in [6.07, 6.45) is 1.68. The Labute approximate surface area is 122 Å². The fraction of sp³-hybridized carbons (Fsp3) is 0.200. The molecule has 98 valence electrons. The molecule has 0 aliphatic heterocycles. The van der Waals surface area contributed by atoms with Crippen LogP contribution in [0.15, 0.2) is 47.6 Å². The maximum atomic E-state index is 12.3. The first-order chi connectivity index (χ1) is 9.08. The maximum Gasteiger partial charge on any atom is 0.175 e. The van der Waals surface area contributed by atoms with E-state index in [1.807, 2.05) is 38.1 Å². The van der Waals surface area contributed by atoms with Gasteiger partial charge in [-0.3, -0.25) is 4.79 Å². The van der Waals surface area contributed by atoms with E-state index in [-0.39, 0.29) is 11.0 Å². The van der Waals surface area contributed by atoms with E-state index < -0.39 is 0 Å². The zero-order chi connectivity index (χ0) is 13.8. The minimum atomic E-state index is -0.213. The highest BCUT2D eigenvalue weighted by Crippen LogP contribution is 2.29. The average molecular weight is 292 g/mol. The minimum Gasteiger partial charge on any atom is -0.293 e. The van der Waals surface area contributed by atoms with Gasteiger partial charge in [-0.2, -0.15) is 0 Å². The molecule has 2 aromatic rings. The van der Waals surface area contributed by atoms with Crippen molar-refractivity contribution in [2.24, 2.45) is 0 Å². The third-order valence-corrected chi connectivity index (χ3v) is 4.25. The van der Waals surface area contributed by atoms with E-state index in [0.717, 1.165) is 11.1 Å². The molecule has 0 aliphatic rings. The van der Waals surface area contributed by atoms with Gasteiger partial charge in [-0.25, -0.2) is 4.98 Å². The molecule has 1 aromatic carbocycles. The van der Waals surface area contributed by atoms with Crippen molar-refractivity contribution >= 4 is 29.1 Å². The molecule has 0 fully saturated rings. The first-order valence-electron chi connectivity index (χ1n) is 5.96. The number of rotatable bonds is 4. The number of benzene rings is 1. The first-order valence-corrected chi connectivity index (χ1v) is 7.22. The molecule has 0 bridgehead atoms. The van der Waals surface area contributed by atoms with E-state index in [1.165, 1.54) is 11.8 Å². The van der Waals surface area contributed by atoms with E-state index in [4.69, 9.17) is 11.6 Å². The topological polar surface area (TPSA) is 30.0 Å². The van der Waals surface area contributed by atoms with Crippen LogP contribution in [0.5, 0.6) is 0 Å². The average Bonchev–Trinajstić information content (AvgIpc) is 2.41. The van der Waals surface area contributed by atoms with Crippen molar-refractivity contribution in [3.8, 4) is 0 Å². The fourth-order valence-corrected chi connectivity index (χ4v) is 2.77. The first kappa shape index (κ1) is 14.1. The van der Waals surface area contributed by atoms with Crippen LogP contribution in [0.3, 0.4) is 0 Å². The number of hydrogen-bond donors (Lipinski definition) is 0. The van der Waals surface area contributed by atoms with Crippen molar-refractivity contribution in [1.82, 2.24) is 4.98 Å². The molecule has 0 saturated heterocycles. The SMILES string of the molecule is Cc1ccc(C(=O)C(C)Sc2ncccc2Cl)cc1. The van der Waals surface area contributed by atoms with E-state index in [2.05, 4.69) is 4.98 Å². The number of Topliss-reactive ketones (excluding diaryl/α,β-unsaturated/α-hetero) is 1. The predicted octanol–water partition coefficient (Wildman–Crippen LogP) is 4.41. The summed E-state index contributed by atoms with van der Waals surface area (Å²) in [4.78, 5) is 16.5. The molecule has 19 heavy (non-hydrogen) atoms. The summed E-state index contributed by atoms with van der Waals surface area (Å²) >= 11 is 7.43. The number of nitrogens with zero attached hydrogens (tertiary/aromatic N) is 1. The van der Waals surface area contributed by atoms with Gasteiger partial charge in [0.15, 0.2) is 5.78 Å². The molecule has 0 radical (unpaired) electrons. The largest absolute Gasteiger partial charge is 0.293 e. The number of thioether (sulfide) groups is 1. The molecule has 4 heteroatoms. The monoisotopic (exact) mass is 291 g/mol. The van der Waals surface area contributed by atoms with Gasteiger partial charge in [-0.1, -0.05) is 53.2 Å². The van der Waals surface area contributed by atoms with Crippen LogP contribution in [0.2, 0.25) is 5.02 Å². The molecule has 2 nitrogen and oxygen atoms in total. The van der Waals surface area contributed by atoms with Gasteiger partial charge in [-0.15, -0.1) is 0 Å². The van der Waals surface area contributed by atoms with Crippen molar-refractivity contribution in [3.05, 3.63) is 58.7 Å². The van der Waals surface area contributed by atoms with Crippen LogP contribution in [0.4, 0.5) is 0 Å². The van der Waals surface area contributed by atoms with Gasteiger partial charge in [0.05, 0.1) is 10.3 Å². The molecular weight excluding hydrogens is 278 g/mol. The van der Waals surface area contributed by atoms with Crippen molar-refractivity contribution in [2.45, 2.75) is 24.1 Å². The zero-order valence-electron chi connectivity index (χ0n) is 10.8. The Kier molecular flexibility index (Phi) is 4.61. The normalized spacial score (nSPS) is 12.2. The highest BCUT2D eigenvalue weighted by molar-refractivity contribution is 8.00. The summed E-state index contributed by atoms with van der Waals surface area (Å²) in [6.45, 7) is 3.87. The van der Waals surface area contributed by atoms with Gasteiger partial charge in [0.2, 0.25) is 0 Å². The molecule has 0 aliphatic carbocycles. The predicted molar refractivity (Wildman–Crippen MR) is 80.1 cm³/mol. The Morgan fingerprint density at radius 3 is 2.58 bits per heavy atom. The number of pyridine rings is 1. The molecule has 0 N–H and O–H groups in total. The van der Waals surface area contributed by atoms with Crippen LogP contribution in [-0.2, 0) is 0 Å². The molecule has 0 saturated carbocycles. The summed E-state index contributed by atoms with van der Waals surface area (Å²) in [5.41, 5.74) is 1.86. The van der Waals surface area contributed by atoms with E-state index in [9.17, 15) is 4.79 Å². The van der Waals surface area contributed by atoms with Crippen LogP contribution in [0.25, 0.3) is 0 Å². The Morgan fingerprint density at radius 2 is 1.95 bits per heavy atom. The molecule has 1 unspecified atom stereocenters. The van der Waals surface area contributed by atoms with Crippen LogP contribution in [-0.4, -0.2) is 16.0 Å². The smallest absolute Gasteiger partial charge is 0.175 e. The summed E-state index contributed by atoms with van der Waals surface area (Å²) < 4.78 is 0. The Hall–Kier alpha value is -1.32. The number of carbonyl (C=O) groups excluding carboxylic acids is 1. The lowest BCUT2D eigenvalue weighted by molar-refractivity contribution is 0.0994. The minimum absolute atomic E-state index is 0.0896. The van der Waals surface area contributed by atoms with Gasteiger partial charge in [-0.05, 0) is 26.0 Å². The second kappa shape index (κ2) is 6.22. The number of ketones is 1. The van der Waals surface area contributed by atoms with E-state index in [0.29, 0.717) is 10.0 Å². The number of aryl methyl sites for hydroxylation is 1. The zero-order valence-corrected chi connectivity index (χ0v) is 12.3. The van der Waals surface area contributed by atoms with E-state index in [1.54, 1.807) is 18.3 Å². The van der Waals surface area contributed by atoms with Crippen molar-refractivity contribution in [2.75, 3.05) is 0 Å². The fourth-order valence-electron chi connectivity index (χ4n) is 1.63. The van der Waals surface area contributed by atoms with Gasteiger partial charge in [0, 0.05) is 11.8 Å². The summed E-state index contributed by atoms with van der Waals surface area (Å²) in [6, 6.07) is 11.2. The number of halogens is 1. The van der Waals surface area contributed by atoms with Crippen molar-refractivity contribution < 1.29 is 4.79 Å².